The van der Waals surface area contributed by atoms with Crippen LogP contribution in [0.1, 0.15) is 24.5 Å². The first-order valence-corrected chi connectivity index (χ1v) is 7.56. The summed E-state index contributed by atoms with van der Waals surface area (Å²) in [6.07, 6.45) is 1.15. The lowest BCUT2D eigenvalue weighted by molar-refractivity contribution is 0.414. The zero-order chi connectivity index (χ0) is 13.7. The van der Waals surface area contributed by atoms with E-state index in [9.17, 15) is 0 Å². The number of aryl methyl sites for hydroxylation is 1. The number of thiophene rings is 1. The van der Waals surface area contributed by atoms with Gasteiger partial charge >= 0.3 is 0 Å². The maximum Gasteiger partial charge on any atom is 0.119 e. The first-order chi connectivity index (χ1) is 9.26. The second-order valence-corrected chi connectivity index (χ2v) is 5.55. The van der Waals surface area contributed by atoms with Crippen LogP contribution in [0.5, 0.6) is 5.75 Å². The van der Waals surface area contributed by atoms with E-state index in [-0.39, 0.29) is 0 Å². The third kappa shape index (κ3) is 3.37. The molecule has 0 spiro atoms. The molecule has 0 saturated carbocycles. The summed E-state index contributed by atoms with van der Waals surface area (Å²) >= 11 is 1.80. The second kappa shape index (κ2) is 6.73. The second-order valence-electron chi connectivity index (χ2n) is 4.63. The number of benzene rings is 1. The Morgan fingerprint density at radius 3 is 2.74 bits per heavy atom. The molecule has 0 aliphatic rings. The van der Waals surface area contributed by atoms with Crippen LogP contribution < -0.4 is 10.1 Å². The predicted octanol–water partition coefficient (Wildman–Crippen LogP) is 4.23. The molecule has 0 radical (unpaired) electrons. The van der Waals surface area contributed by atoms with Crippen molar-refractivity contribution in [3.8, 4) is 16.2 Å². The summed E-state index contributed by atoms with van der Waals surface area (Å²) in [6, 6.07) is 8.52. The van der Waals surface area contributed by atoms with Crippen molar-refractivity contribution >= 4 is 11.3 Å². The summed E-state index contributed by atoms with van der Waals surface area (Å²) in [5.41, 5.74) is 3.96. The molecule has 1 aromatic heterocycles. The highest BCUT2D eigenvalue weighted by molar-refractivity contribution is 7.13. The molecule has 1 N–H and O–H groups in total. The molecule has 19 heavy (non-hydrogen) atoms. The van der Waals surface area contributed by atoms with Crippen molar-refractivity contribution in [2.24, 2.45) is 0 Å². The molecule has 0 aliphatic carbocycles. The normalized spacial score (nSPS) is 10.7. The van der Waals surface area contributed by atoms with Gasteiger partial charge < -0.3 is 10.1 Å². The van der Waals surface area contributed by atoms with Crippen LogP contribution in [0.3, 0.4) is 0 Å². The maximum absolute atomic E-state index is 5.34. The zero-order valence-corrected chi connectivity index (χ0v) is 12.6. The molecule has 0 fully saturated rings. The molecule has 0 atom stereocenters. The molecule has 0 aliphatic heterocycles. The van der Waals surface area contributed by atoms with E-state index in [1.54, 1.807) is 18.4 Å². The summed E-state index contributed by atoms with van der Waals surface area (Å²) in [6.45, 7) is 6.28. The van der Waals surface area contributed by atoms with Crippen molar-refractivity contribution < 1.29 is 4.74 Å². The maximum atomic E-state index is 5.34. The van der Waals surface area contributed by atoms with Crippen molar-refractivity contribution in [3.05, 3.63) is 40.8 Å². The number of methoxy groups -OCH3 is 1. The highest BCUT2D eigenvalue weighted by Gasteiger charge is 2.10. The largest absolute Gasteiger partial charge is 0.497 e. The van der Waals surface area contributed by atoms with Gasteiger partial charge in [-0.25, -0.2) is 0 Å². The summed E-state index contributed by atoms with van der Waals surface area (Å²) in [7, 11) is 1.72. The summed E-state index contributed by atoms with van der Waals surface area (Å²) < 4.78 is 5.34. The molecule has 2 nitrogen and oxygen atoms in total. The SMILES string of the molecule is CCCNCc1cc(OC)ccc1-c1sccc1C. The van der Waals surface area contributed by atoms with Gasteiger partial charge in [-0.2, -0.15) is 0 Å². The van der Waals surface area contributed by atoms with Gasteiger partial charge in [-0.05, 0) is 66.2 Å². The van der Waals surface area contributed by atoms with E-state index < -0.39 is 0 Å². The Kier molecular flexibility index (Phi) is 5.00. The standard InChI is InChI=1S/C16H21NOS/c1-4-8-17-11-13-10-14(18-3)5-6-15(13)16-12(2)7-9-19-16/h5-7,9-10,17H,4,8,11H2,1-3H3. The fourth-order valence-corrected chi connectivity index (χ4v) is 3.10. The fourth-order valence-electron chi connectivity index (χ4n) is 2.11. The van der Waals surface area contributed by atoms with E-state index in [1.165, 1.54) is 21.6 Å². The Morgan fingerprint density at radius 2 is 2.11 bits per heavy atom. The van der Waals surface area contributed by atoms with E-state index in [4.69, 9.17) is 4.74 Å². The Hall–Kier alpha value is -1.32. The van der Waals surface area contributed by atoms with E-state index in [0.29, 0.717) is 0 Å². The van der Waals surface area contributed by atoms with E-state index in [2.05, 4.69) is 42.7 Å². The molecule has 3 heteroatoms. The van der Waals surface area contributed by atoms with Gasteiger partial charge in [0.05, 0.1) is 7.11 Å². The van der Waals surface area contributed by atoms with Crippen molar-refractivity contribution in [2.75, 3.05) is 13.7 Å². The van der Waals surface area contributed by atoms with Crippen LogP contribution in [0.25, 0.3) is 10.4 Å². The van der Waals surface area contributed by atoms with Gasteiger partial charge in [-0.3, -0.25) is 0 Å². The van der Waals surface area contributed by atoms with Gasteiger partial charge in [0, 0.05) is 11.4 Å². The summed E-state index contributed by atoms with van der Waals surface area (Å²) in [5, 5.41) is 5.62. The Labute approximate surface area is 119 Å². The lowest BCUT2D eigenvalue weighted by atomic mass is 10.0. The molecule has 1 heterocycles. The lowest BCUT2D eigenvalue weighted by Gasteiger charge is -2.12. The fraction of sp³-hybridized carbons (Fsp3) is 0.375. The zero-order valence-electron chi connectivity index (χ0n) is 11.8. The quantitative estimate of drug-likeness (QED) is 0.797. The minimum absolute atomic E-state index is 0.887. The van der Waals surface area contributed by atoms with Crippen molar-refractivity contribution in [1.29, 1.82) is 0 Å². The van der Waals surface area contributed by atoms with Gasteiger partial charge in [-0.1, -0.05) is 6.92 Å². The van der Waals surface area contributed by atoms with Crippen LogP contribution in [-0.4, -0.2) is 13.7 Å². The molecule has 2 rings (SSSR count). The molecule has 0 unspecified atom stereocenters. The van der Waals surface area contributed by atoms with Crippen LogP contribution in [-0.2, 0) is 6.54 Å². The molecule has 102 valence electrons. The number of hydrogen-bond donors (Lipinski definition) is 1. The summed E-state index contributed by atoms with van der Waals surface area (Å²) in [4.78, 5) is 1.36. The highest BCUT2D eigenvalue weighted by Crippen LogP contribution is 2.33. The first kappa shape index (κ1) is 14.1. The number of nitrogens with one attached hydrogen (secondary N) is 1. The lowest BCUT2D eigenvalue weighted by Crippen LogP contribution is -2.14. The van der Waals surface area contributed by atoms with E-state index >= 15 is 0 Å². The smallest absolute Gasteiger partial charge is 0.119 e. The van der Waals surface area contributed by atoms with E-state index in [1.807, 2.05) is 6.07 Å². The minimum Gasteiger partial charge on any atom is -0.497 e. The van der Waals surface area contributed by atoms with Crippen LogP contribution in [0.15, 0.2) is 29.6 Å². The third-order valence-electron chi connectivity index (χ3n) is 3.16. The molecular formula is C16H21NOS. The van der Waals surface area contributed by atoms with Crippen LogP contribution in [0.2, 0.25) is 0 Å². The Bertz CT molecular complexity index is 533. The van der Waals surface area contributed by atoms with Crippen LogP contribution in [0, 0.1) is 6.92 Å². The van der Waals surface area contributed by atoms with Gasteiger partial charge in [0.25, 0.3) is 0 Å². The molecule has 0 amide bonds. The summed E-state index contributed by atoms with van der Waals surface area (Å²) in [5.74, 6) is 0.922. The van der Waals surface area contributed by atoms with Gasteiger partial charge in [0.1, 0.15) is 5.75 Å². The first-order valence-electron chi connectivity index (χ1n) is 6.68. The predicted molar refractivity (Wildman–Crippen MR) is 83.0 cm³/mol. The Morgan fingerprint density at radius 1 is 1.26 bits per heavy atom. The van der Waals surface area contributed by atoms with Crippen LogP contribution in [0.4, 0.5) is 0 Å². The third-order valence-corrected chi connectivity index (χ3v) is 4.21. The monoisotopic (exact) mass is 275 g/mol. The minimum atomic E-state index is 0.887. The number of rotatable bonds is 6. The molecule has 0 bridgehead atoms. The van der Waals surface area contributed by atoms with Gasteiger partial charge in [-0.15, -0.1) is 11.3 Å². The van der Waals surface area contributed by atoms with Crippen molar-refractivity contribution in [2.45, 2.75) is 26.8 Å². The topological polar surface area (TPSA) is 21.3 Å². The van der Waals surface area contributed by atoms with Gasteiger partial charge in [0.15, 0.2) is 0 Å². The van der Waals surface area contributed by atoms with Gasteiger partial charge in [0.2, 0.25) is 0 Å². The average Bonchev–Trinajstić information content (AvgIpc) is 2.85. The van der Waals surface area contributed by atoms with Crippen molar-refractivity contribution in [3.63, 3.8) is 0 Å². The number of hydrogen-bond acceptors (Lipinski definition) is 3. The Balaban J connectivity index is 2.33. The molecule has 2 aromatic rings. The average molecular weight is 275 g/mol. The van der Waals surface area contributed by atoms with Crippen molar-refractivity contribution in [1.82, 2.24) is 5.32 Å². The van der Waals surface area contributed by atoms with E-state index in [0.717, 1.165) is 25.3 Å². The molecule has 0 saturated heterocycles. The molecule has 1 aromatic carbocycles. The highest BCUT2D eigenvalue weighted by atomic mass is 32.1. The van der Waals surface area contributed by atoms with Crippen LogP contribution >= 0.6 is 11.3 Å². The number of ether oxygens (including phenoxy) is 1. The molecular weight excluding hydrogens is 254 g/mol.